The SMILES string of the molecule is CCc1cc(=O)c2c(o1)CCN(Cc1ccccc1)C2. The smallest absolute Gasteiger partial charge is 0.189 e. The molecule has 2 heterocycles. The van der Waals surface area contributed by atoms with Crippen LogP contribution in [0, 0.1) is 0 Å². The normalized spacial score (nSPS) is 15.1. The molecule has 1 aromatic heterocycles. The highest BCUT2D eigenvalue weighted by Crippen LogP contribution is 2.19. The lowest BCUT2D eigenvalue weighted by Crippen LogP contribution is -2.33. The molecule has 20 heavy (non-hydrogen) atoms. The minimum absolute atomic E-state index is 0.126. The molecule has 0 radical (unpaired) electrons. The summed E-state index contributed by atoms with van der Waals surface area (Å²) in [7, 11) is 0. The topological polar surface area (TPSA) is 33.5 Å². The molecular formula is C17H19NO2. The Morgan fingerprint density at radius 2 is 2.05 bits per heavy atom. The van der Waals surface area contributed by atoms with Crippen molar-refractivity contribution in [2.75, 3.05) is 6.54 Å². The number of hydrogen-bond donors (Lipinski definition) is 0. The van der Waals surface area contributed by atoms with E-state index in [1.165, 1.54) is 5.56 Å². The van der Waals surface area contributed by atoms with Crippen LogP contribution < -0.4 is 5.43 Å². The van der Waals surface area contributed by atoms with Crippen LogP contribution in [0.5, 0.6) is 0 Å². The van der Waals surface area contributed by atoms with Crippen LogP contribution in [0.15, 0.2) is 45.6 Å². The van der Waals surface area contributed by atoms with E-state index in [0.29, 0.717) is 6.54 Å². The van der Waals surface area contributed by atoms with E-state index in [2.05, 4.69) is 29.2 Å². The zero-order valence-electron chi connectivity index (χ0n) is 11.8. The number of aryl methyl sites for hydroxylation is 1. The summed E-state index contributed by atoms with van der Waals surface area (Å²) in [6, 6.07) is 12.0. The summed E-state index contributed by atoms with van der Waals surface area (Å²) in [5, 5.41) is 0. The summed E-state index contributed by atoms with van der Waals surface area (Å²) in [5.41, 5.74) is 2.25. The average molecular weight is 269 g/mol. The summed E-state index contributed by atoms with van der Waals surface area (Å²) in [6.07, 6.45) is 1.60. The van der Waals surface area contributed by atoms with E-state index in [4.69, 9.17) is 4.42 Å². The Morgan fingerprint density at radius 3 is 2.80 bits per heavy atom. The third-order valence-electron chi connectivity index (χ3n) is 3.81. The molecule has 104 valence electrons. The molecule has 0 spiro atoms. The highest BCUT2D eigenvalue weighted by molar-refractivity contribution is 5.23. The lowest BCUT2D eigenvalue weighted by atomic mass is 10.0. The van der Waals surface area contributed by atoms with Gasteiger partial charge in [0.25, 0.3) is 0 Å². The monoisotopic (exact) mass is 269 g/mol. The van der Waals surface area contributed by atoms with Crippen molar-refractivity contribution in [3.63, 3.8) is 0 Å². The van der Waals surface area contributed by atoms with Crippen LogP contribution in [0.3, 0.4) is 0 Å². The molecule has 1 aliphatic heterocycles. The molecule has 2 aromatic rings. The Morgan fingerprint density at radius 1 is 1.25 bits per heavy atom. The van der Waals surface area contributed by atoms with Gasteiger partial charge in [-0.3, -0.25) is 9.69 Å². The van der Waals surface area contributed by atoms with E-state index in [1.54, 1.807) is 6.07 Å². The van der Waals surface area contributed by atoms with Crippen molar-refractivity contribution in [2.45, 2.75) is 32.9 Å². The minimum Gasteiger partial charge on any atom is -0.465 e. The first-order valence-electron chi connectivity index (χ1n) is 7.17. The van der Waals surface area contributed by atoms with Gasteiger partial charge in [-0.05, 0) is 5.56 Å². The van der Waals surface area contributed by atoms with Gasteiger partial charge in [-0.2, -0.15) is 0 Å². The number of fused-ring (bicyclic) bond motifs is 1. The molecule has 0 fully saturated rings. The molecule has 0 saturated heterocycles. The van der Waals surface area contributed by atoms with Gasteiger partial charge in [0.05, 0.1) is 5.56 Å². The molecule has 3 rings (SSSR count). The summed E-state index contributed by atoms with van der Waals surface area (Å²) < 4.78 is 5.80. The van der Waals surface area contributed by atoms with Gasteiger partial charge >= 0.3 is 0 Å². The zero-order chi connectivity index (χ0) is 13.9. The van der Waals surface area contributed by atoms with Gasteiger partial charge in [-0.25, -0.2) is 0 Å². The third-order valence-corrected chi connectivity index (χ3v) is 3.81. The molecule has 0 aliphatic carbocycles. The number of benzene rings is 1. The summed E-state index contributed by atoms with van der Waals surface area (Å²) in [5.74, 6) is 1.68. The van der Waals surface area contributed by atoms with Crippen molar-refractivity contribution < 1.29 is 4.42 Å². The van der Waals surface area contributed by atoms with E-state index >= 15 is 0 Å². The zero-order valence-corrected chi connectivity index (χ0v) is 11.8. The van der Waals surface area contributed by atoms with E-state index in [-0.39, 0.29) is 5.43 Å². The number of nitrogens with zero attached hydrogens (tertiary/aromatic N) is 1. The Kier molecular flexibility index (Phi) is 3.70. The maximum Gasteiger partial charge on any atom is 0.189 e. The van der Waals surface area contributed by atoms with Crippen molar-refractivity contribution >= 4 is 0 Å². The molecule has 0 amide bonds. The fourth-order valence-electron chi connectivity index (χ4n) is 2.70. The molecule has 0 atom stereocenters. The van der Waals surface area contributed by atoms with Gasteiger partial charge in [0, 0.05) is 38.5 Å². The van der Waals surface area contributed by atoms with Gasteiger partial charge in [0.15, 0.2) is 5.43 Å². The van der Waals surface area contributed by atoms with Crippen molar-refractivity contribution in [1.29, 1.82) is 0 Å². The van der Waals surface area contributed by atoms with Gasteiger partial charge in [0.1, 0.15) is 11.5 Å². The predicted octanol–water partition coefficient (Wildman–Crippen LogP) is 2.76. The second-order valence-corrected chi connectivity index (χ2v) is 5.28. The van der Waals surface area contributed by atoms with Crippen LogP contribution in [0.1, 0.15) is 29.6 Å². The number of rotatable bonds is 3. The van der Waals surface area contributed by atoms with Crippen molar-refractivity contribution in [2.24, 2.45) is 0 Å². The van der Waals surface area contributed by atoms with Crippen LogP contribution >= 0.6 is 0 Å². The third kappa shape index (κ3) is 2.68. The van der Waals surface area contributed by atoms with Crippen molar-refractivity contribution in [3.8, 4) is 0 Å². The molecule has 1 aliphatic rings. The Labute approximate surface area is 118 Å². The lowest BCUT2D eigenvalue weighted by Gasteiger charge is -2.27. The summed E-state index contributed by atoms with van der Waals surface area (Å²) in [4.78, 5) is 14.5. The first-order chi connectivity index (χ1) is 9.76. The summed E-state index contributed by atoms with van der Waals surface area (Å²) >= 11 is 0. The Hall–Kier alpha value is -1.87. The quantitative estimate of drug-likeness (QED) is 0.859. The fourth-order valence-corrected chi connectivity index (χ4v) is 2.70. The van der Waals surface area contributed by atoms with Crippen LogP contribution in [0.2, 0.25) is 0 Å². The Bertz CT molecular complexity index is 646. The highest BCUT2D eigenvalue weighted by atomic mass is 16.3. The molecule has 0 unspecified atom stereocenters. The standard InChI is InChI=1S/C17H19NO2/c1-2-14-10-16(19)15-12-18(9-8-17(15)20-14)11-13-6-4-3-5-7-13/h3-7,10H,2,8-9,11-12H2,1H3. The molecule has 3 heteroatoms. The molecule has 3 nitrogen and oxygen atoms in total. The maximum atomic E-state index is 12.2. The van der Waals surface area contributed by atoms with Crippen molar-refractivity contribution in [3.05, 3.63) is 69.3 Å². The second-order valence-electron chi connectivity index (χ2n) is 5.28. The largest absolute Gasteiger partial charge is 0.465 e. The summed E-state index contributed by atoms with van der Waals surface area (Å²) in [6.45, 7) is 4.53. The van der Waals surface area contributed by atoms with Crippen LogP contribution in [-0.4, -0.2) is 11.4 Å². The van der Waals surface area contributed by atoms with Gasteiger partial charge in [-0.15, -0.1) is 0 Å². The van der Waals surface area contributed by atoms with Crippen LogP contribution in [0.4, 0.5) is 0 Å². The van der Waals surface area contributed by atoms with E-state index in [9.17, 15) is 4.79 Å². The minimum atomic E-state index is 0.126. The number of hydrogen-bond acceptors (Lipinski definition) is 3. The van der Waals surface area contributed by atoms with Gasteiger partial charge in [-0.1, -0.05) is 37.3 Å². The predicted molar refractivity (Wildman–Crippen MR) is 78.6 cm³/mol. The average Bonchev–Trinajstić information content (AvgIpc) is 2.48. The molecular weight excluding hydrogens is 250 g/mol. The van der Waals surface area contributed by atoms with E-state index in [0.717, 1.165) is 43.0 Å². The lowest BCUT2D eigenvalue weighted by molar-refractivity contribution is 0.225. The first-order valence-corrected chi connectivity index (χ1v) is 7.17. The van der Waals surface area contributed by atoms with E-state index in [1.807, 2.05) is 13.0 Å². The van der Waals surface area contributed by atoms with Crippen molar-refractivity contribution in [1.82, 2.24) is 4.90 Å². The Balaban J connectivity index is 1.80. The highest BCUT2D eigenvalue weighted by Gasteiger charge is 2.21. The molecule has 1 aromatic carbocycles. The fraction of sp³-hybridized carbons (Fsp3) is 0.353. The molecule has 0 bridgehead atoms. The molecule has 0 saturated carbocycles. The van der Waals surface area contributed by atoms with Gasteiger partial charge in [0.2, 0.25) is 0 Å². The van der Waals surface area contributed by atoms with Crippen LogP contribution in [0.25, 0.3) is 0 Å². The second kappa shape index (κ2) is 5.63. The van der Waals surface area contributed by atoms with Crippen LogP contribution in [-0.2, 0) is 25.9 Å². The molecule has 0 N–H and O–H groups in total. The van der Waals surface area contributed by atoms with Gasteiger partial charge < -0.3 is 4.42 Å². The van der Waals surface area contributed by atoms with E-state index < -0.39 is 0 Å². The maximum absolute atomic E-state index is 12.2. The first kappa shape index (κ1) is 13.1.